The molecule has 23 heavy (non-hydrogen) atoms. The minimum Gasteiger partial charge on any atom is -0.487 e. The van der Waals surface area contributed by atoms with Crippen LogP contribution in [0.1, 0.15) is 23.0 Å². The Balaban J connectivity index is 1.59. The number of rotatable bonds is 6. The molecule has 2 aromatic heterocycles. The van der Waals surface area contributed by atoms with E-state index in [2.05, 4.69) is 4.98 Å². The third-order valence-corrected chi connectivity index (χ3v) is 3.89. The van der Waals surface area contributed by atoms with Crippen molar-refractivity contribution in [2.75, 3.05) is 6.61 Å². The van der Waals surface area contributed by atoms with Gasteiger partial charge in [0.2, 0.25) is 5.89 Å². The first-order chi connectivity index (χ1) is 11.3. The molecule has 0 unspecified atom stereocenters. The molecule has 118 valence electrons. The van der Waals surface area contributed by atoms with Crippen molar-refractivity contribution in [3.05, 3.63) is 59.3 Å². The van der Waals surface area contributed by atoms with Gasteiger partial charge in [-0.3, -0.25) is 0 Å². The monoisotopic (exact) mass is 329 g/mol. The number of ether oxygens (including phenoxy) is 2. The lowest BCUT2D eigenvalue weighted by atomic mass is 10.2. The zero-order chi connectivity index (χ0) is 16.1. The fourth-order valence-electron chi connectivity index (χ4n) is 1.95. The Bertz CT molecular complexity index is 762. The van der Waals surface area contributed by atoms with Gasteiger partial charge in [-0.1, -0.05) is 6.07 Å². The smallest absolute Gasteiger partial charge is 0.338 e. The van der Waals surface area contributed by atoms with Crippen LogP contribution < -0.4 is 4.74 Å². The molecule has 3 rings (SSSR count). The summed E-state index contributed by atoms with van der Waals surface area (Å²) in [5.41, 5.74) is 1.21. The summed E-state index contributed by atoms with van der Waals surface area (Å²) in [6.45, 7) is 2.43. The molecule has 5 nitrogen and oxygen atoms in total. The van der Waals surface area contributed by atoms with Gasteiger partial charge in [0, 0.05) is 0 Å². The summed E-state index contributed by atoms with van der Waals surface area (Å²) in [5.74, 6) is 0.908. The topological polar surface area (TPSA) is 61.6 Å². The van der Waals surface area contributed by atoms with Crippen molar-refractivity contribution in [3.8, 4) is 16.5 Å². The van der Waals surface area contributed by atoms with Crippen LogP contribution in [0.25, 0.3) is 10.8 Å². The predicted molar refractivity (Wildman–Crippen MR) is 86.5 cm³/mol. The molecule has 0 fully saturated rings. The number of oxazole rings is 1. The minimum atomic E-state index is -0.337. The Hall–Kier alpha value is -2.60. The average Bonchev–Trinajstić information content (AvgIpc) is 3.25. The molecule has 0 saturated carbocycles. The minimum absolute atomic E-state index is 0.299. The molecule has 6 heteroatoms. The maximum Gasteiger partial charge on any atom is 0.338 e. The first-order valence-corrected chi connectivity index (χ1v) is 8.02. The van der Waals surface area contributed by atoms with Crippen LogP contribution in [0.3, 0.4) is 0 Å². The van der Waals surface area contributed by atoms with Gasteiger partial charge in [0.1, 0.15) is 24.3 Å². The van der Waals surface area contributed by atoms with Crippen LogP contribution in [0, 0.1) is 0 Å². The van der Waals surface area contributed by atoms with Crippen LogP contribution in [0.2, 0.25) is 0 Å². The zero-order valence-corrected chi connectivity index (χ0v) is 13.3. The van der Waals surface area contributed by atoms with Crippen LogP contribution in [0.5, 0.6) is 5.75 Å². The van der Waals surface area contributed by atoms with Gasteiger partial charge >= 0.3 is 5.97 Å². The van der Waals surface area contributed by atoms with E-state index in [1.54, 1.807) is 48.8 Å². The number of benzene rings is 1. The van der Waals surface area contributed by atoms with Crippen molar-refractivity contribution in [1.82, 2.24) is 4.98 Å². The summed E-state index contributed by atoms with van der Waals surface area (Å²) in [7, 11) is 0. The summed E-state index contributed by atoms with van der Waals surface area (Å²) in [6.07, 6.45) is 1.59. The zero-order valence-electron chi connectivity index (χ0n) is 12.5. The molecule has 0 N–H and O–H groups in total. The standard InChI is InChI=1S/C17H15NO4S/c1-2-20-17(19)12-5-7-14(8-6-12)21-10-13-11-22-16(18-13)15-4-3-9-23-15/h3-9,11H,2,10H2,1H3. The number of esters is 1. The van der Waals surface area contributed by atoms with E-state index in [4.69, 9.17) is 13.9 Å². The molecule has 0 aliphatic heterocycles. The van der Waals surface area contributed by atoms with Gasteiger partial charge in [0.05, 0.1) is 17.0 Å². The Morgan fingerprint density at radius 1 is 1.26 bits per heavy atom. The fourth-order valence-corrected chi connectivity index (χ4v) is 2.60. The lowest BCUT2D eigenvalue weighted by molar-refractivity contribution is 0.0526. The SMILES string of the molecule is CCOC(=O)c1ccc(OCc2coc(-c3cccs3)n2)cc1. The van der Waals surface area contributed by atoms with Gasteiger partial charge in [-0.05, 0) is 42.6 Å². The van der Waals surface area contributed by atoms with Crippen molar-refractivity contribution < 1.29 is 18.7 Å². The van der Waals surface area contributed by atoms with Crippen molar-refractivity contribution in [1.29, 1.82) is 0 Å². The molecule has 0 amide bonds. The van der Waals surface area contributed by atoms with Crippen LogP contribution in [-0.4, -0.2) is 17.6 Å². The highest BCUT2D eigenvalue weighted by molar-refractivity contribution is 7.13. The number of nitrogens with zero attached hydrogens (tertiary/aromatic N) is 1. The highest BCUT2D eigenvalue weighted by Gasteiger charge is 2.09. The maximum absolute atomic E-state index is 11.6. The normalized spacial score (nSPS) is 10.5. The van der Waals surface area contributed by atoms with Crippen LogP contribution in [0.15, 0.2) is 52.5 Å². The van der Waals surface area contributed by atoms with E-state index < -0.39 is 0 Å². The van der Waals surface area contributed by atoms with Gasteiger partial charge in [0.15, 0.2) is 0 Å². The van der Waals surface area contributed by atoms with Crippen LogP contribution in [0.4, 0.5) is 0 Å². The van der Waals surface area contributed by atoms with E-state index in [-0.39, 0.29) is 5.97 Å². The number of hydrogen-bond acceptors (Lipinski definition) is 6. The van der Waals surface area contributed by atoms with Crippen molar-refractivity contribution in [2.45, 2.75) is 13.5 Å². The first kappa shape index (κ1) is 15.3. The number of hydrogen-bond donors (Lipinski definition) is 0. The third kappa shape index (κ3) is 3.78. The number of carbonyl (C=O) groups excluding carboxylic acids is 1. The molecule has 0 aliphatic rings. The second kappa shape index (κ2) is 7.11. The highest BCUT2D eigenvalue weighted by atomic mass is 32.1. The molecule has 0 atom stereocenters. The van der Waals surface area contributed by atoms with E-state index in [9.17, 15) is 4.79 Å². The lowest BCUT2D eigenvalue weighted by Gasteiger charge is -2.05. The van der Waals surface area contributed by atoms with E-state index >= 15 is 0 Å². The van der Waals surface area contributed by atoms with E-state index in [0.29, 0.717) is 36.1 Å². The Morgan fingerprint density at radius 3 is 2.78 bits per heavy atom. The van der Waals surface area contributed by atoms with Crippen LogP contribution >= 0.6 is 11.3 Å². The van der Waals surface area contributed by atoms with Crippen molar-refractivity contribution >= 4 is 17.3 Å². The molecule has 0 saturated heterocycles. The Morgan fingerprint density at radius 2 is 2.09 bits per heavy atom. The van der Waals surface area contributed by atoms with Crippen molar-refractivity contribution in [3.63, 3.8) is 0 Å². The molecule has 0 aliphatic carbocycles. The van der Waals surface area contributed by atoms with Gasteiger partial charge in [-0.25, -0.2) is 9.78 Å². The van der Waals surface area contributed by atoms with Gasteiger partial charge in [0.25, 0.3) is 0 Å². The second-order valence-corrected chi connectivity index (χ2v) is 5.60. The molecule has 0 bridgehead atoms. The summed E-state index contributed by atoms with van der Waals surface area (Å²) in [6, 6.07) is 10.7. The number of carbonyl (C=O) groups is 1. The van der Waals surface area contributed by atoms with E-state index in [0.717, 1.165) is 4.88 Å². The third-order valence-electron chi connectivity index (χ3n) is 3.04. The summed E-state index contributed by atoms with van der Waals surface area (Å²) >= 11 is 1.57. The van der Waals surface area contributed by atoms with Crippen LogP contribution in [-0.2, 0) is 11.3 Å². The van der Waals surface area contributed by atoms with Gasteiger partial charge in [-0.2, -0.15) is 0 Å². The second-order valence-electron chi connectivity index (χ2n) is 4.65. The number of aromatic nitrogens is 1. The molecule has 1 aromatic carbocycles. The maximum atomic E-state index is 11.6. The summed E-state index contributed by atoms with van der Waals surface area (Å²) in [5, 5.41) is 1.97. The number of thiophene rings is 1. The molecular weight excluding hydrogens is 314 g/mol. The Kier molecular flexibility index (Phi) is 4.73. The van der Waals surface area contributed by atoms with Gasteiger partial charge in [-0.15, -0.1) is 11.3 Å². The summed E-state index contributed by atoms with van der Waals surface area (Å²) < 4.78 is 16.0. The Labute approximate surface area is 137 Å². The van der Waals surface area contributed by atoms with E-state index in [1.165, 1.54) is 0 Å². The average molecular weight is 329 g/mol. The largest absolute Gasteiger partial charge is 0.487 e. The fraction of sp³-hybridized carbons (Fsp3) is 0.176. The quantitative estimate of drug-likeness (QED) is 0.636. The summed E-state index contributed by atoms with van der Waals surface area (Å²) in [4.78, 5) is 16.9. The first-order valence-electron chi connectivity index (χ1n) is 7.14. The van der Waals surface area contributed by atoms with Crippen molar-refractivity contribution in [2.24, 2.45) is 0 Å². The molecule has 2 heterocycles. The predicted octanol–water partition coefficient (Wildman–Crippen LogP) is 4.16. The molecular formula is C17H15NO4S. The highest BCUT2D eigenvalue weighted by Crippen LogP contribution is 2.24. The molecule has 0 spiro atoms. The molecule has 0 radical (unpaired) electrons. The van der Waals surface area contributed by atoms with Gasteiger partial charge < -0.3 is 13.9 Å². The van der Waals surface area contributed by atoms with E-state index in [1.807, 2.05) is 17.5 Å². The lowest BCUT2D eigenvalue weighted by Crippen LogP contribution is -2.04. The molecule has 3 aromatic rings.